The van der Waals surface area contributed by atoms with Gasteiger partial charge >= 0.3 is 5.76 Å². The smallest absolute Gasteiger partial charge is 0.408 e. The lowest BCUT2D eigenvalue weighted by Crippen LogP contribution is -2.43. The van der Waals surface area contributed by atoms with E-state index >= 15 is 0 Å². The van der Waals surface area contributed by atoms with E-state index in [0.717, 1.165) is 24.2 Å². The van der Waals surface area contributed by atoms with E-state index in [1.807, 2.05) is 39.1 Å². The highest BCUT2D eigenvalue weighted by atomic mass is 16.4. The van der Waals surface area contributed by atoms with Gasteiger partial charge < -0.3 is 15.1 Å². The van der Waals surface area contributed by atoms with Crippen LogP contribution in [-0.4, -0.2) is 28.6 Å². The third kappa shape index (κ3) is 3.24. The van der Waals surface area contributed by atoms with E-state index in [-0.39, 0.29) is 11.3 Å². The molecule has 0 fully saturated rings. The molecule has 0 atom stereocenters. The maximum atomic E-state index is 11.4. The van der Waals surface area contributed by atoms with E-state index in [1.165, 1.54) is 4.57 Å². The van der Waals surface area contributed by atoms with Crippen LogP contribution >= 0.6 is 0 Å². The van der Waals surface area contributed by atoms with Crippen molar-refractivity contribution in [1.82, 2.24) is 9.47 Å². The number of likely N-dealkylation sites (N-methyl/N-ethyl adjacent to an activating group) is 1. The van der Waals surface area contributed by atoms with Crippen molar-refractivity contribution < 1.29 is 4.42 Å². The van der Waals surface area contributed by atoms with Crippen LogP contribution in [0.3, 0.4) is 0 Å². The highest BCUT2D eigenvalue weighted by molar-refractivity contribution is 5.73. The van der Waals surface area contributed by atoms with Gasteiger partial charge in [-0.15, -0.1) is 0 Å². The van der Waals surface area contributed by atoms with E-state index in [4.69, 9.17) is 10.2 Å². The second-order valence-electron chi connectivity index (χ2n) is 5.89. The van der Waals surface area contributed by atoms with Crippen LogP contribution in [0, 0.1) is 0 Å². The van der Waals surface area contributed by atoms with E-state index in [0.29, 0.717) is 5.58 Å². The summed E-state index contributed by atoms with van der Waals surface area (Å²) < 4.78 is 6.63. The Kier molecular flexibility index (Phi) is 3.52. The maximum Gasteiger partial charge on any atom is 0.419 e. The van der Waals surface area contributed by atoms with Gasteiger partial charge in [-0.1, -0.05) is 6.07 Å². The Labute approximate surface area is 112 Å². The number of benzene rings is 1. The zero-order chi connectivity index (χ0) is 14.2. The Balaban J connectivity index is 2.22. The van der Waals surface area contributed by atoms with Crippen LogP contribution in [0.1, 0.15) is 19.4 Å². The molecular weight excluding hydrogens is 242 g/mol. The molecular formula is C14H21N3O2. The Morgan fingerprint density at radius 2 is 2.11 bits per heavy atom. The average Bonchev–Trinajstić information content (AvgIpc) is 2.53. The van der Waals surface area contributed by atoms with Gasteiger partial charge in [-0.3, -0.25) is 4.57 Å². The summed E-state index contributed by atoms with van der Waals surface area (Å²) in [6.07, 6.45) is 0. The molecule has 1 aromatic heterocycles. The first-order valence-corrected chi connectivity index (χ1v) is 6.32. The zero-order valence-electron chi connectivity index (χ0n) is 11.9. The molecule has 1 heterocycles. The normalized spacial score (nSPS) is 12.5. The number of aromatic nitrogens is 1. The number of oxazole rings is 1. The molecule has 104 valence electrons. The molecule has 2 N–H and O–H groups in total. The summed E-state index contributed by atoms with van der Waals surface area (Å²) in [5.41, 5.74) is 8.37. The zero-order valence-corrected chi connectivity index (χ0v) is 11.9. The fourth-order valence-corrected chi connectivity index (χ4v) is 2.33. The van der Waals surface area contributed by atoms with Crippen molar-refractivity contribution in [3.8, 4) is 0 Å². The van der Waals surface area contributed by atoms with Crippen LogP contribution in [0.2, 0.25) is 0 Å². The molecule has 2 rings (SSSR count). The number of nitrogens with two attached hydrogens (primary N) is 1. The van der Waals surface area contributed by atoms with Crippen LogP contribution in [-0.2, 0) is 13.6 Å². The van der Waals surface area contributed by atoms with Crippen LogP contribution in [0.15, 0.2) is 27.4 Å². The average molecular weight is 263 g/mol. The van der Waals surface area contributed by atoms with Gasteiger partial charge in [0.05, 0.1) is 5.52 Å². The highest BCUT2D eigenvalue weighted by Crippen LogP contribution is 2.15. The molecule has 0 aliphatic rings. The summed E-state index contributed by atoms with van der Waals surface area (Å²) in [5, 5.41) is 0. The molecule has 0 unspecified atom stereocenters. The second-order valence-corrected chi connectivity index (χ2v) is 5.89. The number of nitrogens with zero attached hydrogens (tertiary/aromatic N) is 2. The van der Waals surface area contributed by atoms with Crippen molar-refractivity contribution in [1.29, 1.82) is 0 Å². The quantitative estimate of drug-likeness (QED) is 0.903. The molecule has 0 radical (unpaired) electrons. The summed E-state index contributed by atoms with van der Waals surface area (Å²) in [4.78, 5) is 13.6. The van der Waals surface area contributed by atoms with Gasteiger partial charge in [0, 0.05) is 25.7 Å². The monoisotopic (exact) mass is 263 g/mol. The Bertz CT molecular complexity index is 634. The molecule has 0 saturated heterocycles. The first-order chi connectivity index (χ1) is 8.76. The van der Waals surface area contributed by atoms with Crippen molar-refractivity contribution >= 4 is 11.1 Å². The SMILES string of the molecule is CN(Cc1ccc2oc(=O)n(C)c2c1)CC(C)(C)N. The highest BCUT2D eigenvalue weighted by Gasteiger charge is 2.14. The van der Waals surface area contributed by atoms with E-state index in [1.54, 1.807) is 7.05 Å². The largest absolute Gasteiger partial charge is 0.419 e. The molecule has 5 heteroatoms. The first kappa shape index (κ1) is 13.8. The summed E-state index contributed by atoms with van der Waals surface area (Å²) in [7, 11) is 3.75. The Morgan fingerprint density at radius 3 is 2.74 bits per heavy atom. The predicted molar refractivity (Wildman–Crippen MR) is 76.1 cm³/mol. The lowest BCUT2D eigenvalue weighted by Gasteiger charge is -2.26. The third-order valence-corrected chi connectivity index (χ3v) is 2.99. The van der Waals surface area contributed by atoms with Crippen molar-refractivity contribution in [3.05, 3.63) is 34.3 Å². The lowest BCUT2D eigenvalue weighted by molar-refractivity contribution is 0.263. The first-order valence-electron chi connectivity index (χ1n) is 6.32. The van der Waals surface area contributed by atoms with Crippen molar-refractivity contribution in [2.45, 2.75) is 25.9 Å². The lowest BCUT2D eigenvalue weighted by atomic mass is 10.1. The van der Waals surface area contributed by atoms with Gasteiger partial charge in [0.2, 0.25) is 0 Å². The molecule has 0 aliphatic heterocycles. The molecule has 0 spiro atoms. The fraction of sp³-hybridized carbons (Fsp3) is 0.500. The van der Waals surface area contributed by atoms with Crippen LogP contribution in [0.5, 0.6) is 0 Å². The van der Waals surface area contributed by atoms with Crippen LogP contribution in [0.4, 0.5) is 0 Å². The van der Waals surface area contributed by atoms with Gasteiger partial charge in [-0.25, -0.2) is 4.79 Å². The fourth-order valence-electron chi connectivity index (χ4n) is 2.33. The molecule has 5 nitrogen and oxygen atoms in total. The van der Waals surface area contributed by atoms with Crippen molar-refractivity contribution in [2.24, 2.45) is 12.8 Å². The molecule has 0 amide bonds. The van der Waals surface area contributed by atoms with E-state index < -0.39 is 0 Å². The number of rotatable bonds is 4. The minimum Gasteiger partial charge on any atom is -0.408 e. The Morgan fingerprint density at radius 1 is 1.42 bits per heavy atom. The number of hydrogen-bond donors (Lipinski definition) is 1. The molecule has 0 bridgehead atoms. The molecule has 1 aromatic carbocycles. The van der Waals surface area contributed by atoms with Gasteiger partial charge in [0.25, 0.3) is 0 Å². The minimum absolute atomic E-state index is 0.221. The minimum atomic E-state index is -0.330. The second kappa shape index (κ2) is 4.83. The summed E-state index contributed by atoms with van der Waals surface area (Å²) in [6.45, 7) is 5.60. The standard InChI is InChI=1S/C14H21N3O2/c1-14(2,15)9-16(3)8-10-5-6-12-11(7-10)17(4)13(18)19-12/h5-7H,8-9,15H2,1-4H3. The predicted octanol–water partition coefficient (Wildman–Crippen LogP) is 1.30. The number of fused-ring (bicyclic) bond motifs is 1. The summed E-state index contributed by atoms with van der Waals surface area (Å²) in [5.74, 6) is -0.330. The van der Waals surface area contributed by atoms with Gasteiger partial charge in [0.1, 0.15) is 0 Å². The van der Waals surface area contributed by atoms with Crippen molar-refractivity contribution in [2.75, 3.05) is 13.6 Å². The molecule has 19 heavy (non-hydrogen) atoms. The summed E-state index contributed by atoms with van der Waals surface area (Å²) in [6, 6.07) is 5.80. The number of aryl methyl sites for hydroxylation is 1. The van der Waals surface area contributed by atoms with E-state index in [9.17, 15) is 4.79 Å². The topological polar surface area (TPSA) is 64.4 Å². The van der Waals surface area contributed by atoms with Crippen LogP contribution < -0.4 is 11.5 Å². The molecule has 2 aromatic rings. The van der Waals surface area contributed by atoms with Crippen molar-refractivity contribution in [3.63, 3.8) is 0 Å². The summed E-state index contributed by atoms with van der Waals surface area (Å²) >= 11 is 0. The maximum absolute atomic E-state index is 11.4. The molecule has 0 aliphatic carbocycles. The van der Waals surface area contributed by atoms with E-state index in [2.05, 4.69) is 4.90 Å². The van der Waals surface area contributed by atoms with Gasteiger partial charge in [0.15, 0.2) is 5.58 Å². The third-order valence-electron chi connectivity index (χ3n) is 2.99. The molecule has 0 saturated carbocycles. The van der Waals surface area contributed by atoms with Gasteiger partial charge in [-0.2, -0.15) is 0 Å². The number of hydrogen-bond acceptors (Lipinski definition) is 4. The van der Waals surface area contributed by atoms with Crippen LogP contribution in [0.25, 0.3) is 11.1 Å². The van der Waals surface area contributed by atoms with Gasteiger partial charge in [-0.05, 0) is 38.6 Å². The Hall–Kier alpha value is -1.59.